The maximum atomic E-state index is 12.8. The molecule has 0 aliphatic carbocycles. The zero-order chi connectivity index (χ0) is 21.1. The molecule has 2 unspecified atom stereocenters. The van der Waals surface area contributed by atoms with Crippen molar-refractivity contribution in [3.8, 4) is 11.5 Å². The minimum absolute atomic E-state index is 0.137. The van der Waals surface area contributed by atoms with Crippen LogP contribution in [0.25, 0.3) is 0 Å². The molecule has 2 heterocycles. The Hall–Kier alpha value is -2.22. The van der Waals surface area contributed by atoms with Crippen LogP contribution < -0.4 is 14.8 Å². The summed E-state index contributed by atoms with van der Waals surface area (Å²) < 4.78 is 17.1. The zero-order valence-electron chi connectivity index (χ0n) is 17.6. The Kier molecular flexibility index (Phi) is 6.51. The molecule has 160 valence electrons. The molecule has 1 amide bonds. The number of amides is 1. The number of anilines is 1. The highest BCUT2D eigenvalue weighted by Crippen LogP contribution is 2.39. The SMILES string of the molecule is CSc1cc2c(cc1NC(=O)c1ccc(CN3CC(C)OC(C)C3)cc1)OCCO2. The Labute approximate surface area is 181 Å². The lowest BCUT2D eigenvalue weighted by Crippen LogP contribution is -2.44. The normalized spacial score (nSPS) is 21.3. The molecule has 0 aromatic heterocycles. The third-order valence-corrected chi connectivity index (χ3v) is 6.01. The van der Waals surface area contributed by atoms with Crippen molar-refractivity contribution >= 4 is 23.4 Å². The molecule has 7 heteroatoms. The summed E-state index contributed by atoms with van der Waals surface area (Å²) in [6.07, 6.45) is 2.47. The number of hydrogen-bond acceptors (Lipinski definition) is 6. The van der Waals surface area contributed by atoms with Crippen molar-refractivity contribution in [2.75, 3.05) is 37.9 Å². The van der Waals surface area contributed by atoms with E-state index < -0.39 is 0 Å². The van der Waals surface area contributed by atoms with Crippen LogP contribution in [0.1, 0.15) is 29.8 Å². The number of carbonyl (C=O) groups excluding carboxylic acids is 1. The fourth-order valence-corrected chi connectivity index (χ4v) is 4.52. The number of ether oxygens (including phenoxy) is 3. The maximum absolute atomic E-state index is 12.8. The van der Waals surface area contributed by atoms with Gasteiger partial charge in [-0.05, 0) is 43.9 Å². The highest BCUT2D eigenvalue weighted by molar-refractivity contribution is 7.98. The van der Waals surface area contributed by atoms with Gasteiger partial charge in [0.25, 0.3) is 5.91 Å². The second-order valence-corrected chi connectivity index (χ2v) is 8.65. The molecule has 4 rings (SSSR count). The monoisotopic (exact) mass is 428 g/mol. The lowest BCUT2D eigenvalue weighted by molar-refractivity contribution is -0.0704. The fourth-order valence-electron chi connectivity index (χ4n) is 3.96. The summed E-state index contributed by atoms with van der Waals surface area (Å²) in [7, 11) is 0. The van der Waals surface area contributed by atoms with E-state index in [1.54, 1.807) is 11.8 Å². The standard InChI is InChI=1S/C23H28N2O4S/c1-15-12-25(13-16(2)29-15)14-17-4-6-18(7-5-17)23(26)24-19-10-20-21(11-22(19)30-3)28-9-8-27-20/h4-7,10-11,15-16H,8-9,12-14H2,1-3H3,(H,24,26). The largest absolute Gasteiger partial charge is 0.486 e. The van der Waals surface area contributed by atoms with Crippen molar-refractivity contribution in [3.63, 3.8) is 0 Å². The molecule has 0 radical (unpaired) electrons. The van der Waals surface area contributed by atoms with Crippen molar-refractivity contribution in [1.29, 1.82) is 0 Å². The average Bonchev–Trinajstić information content (AvgIpc) is 2.73. The van der Waals surface area contributed by atoms with Gasteiger partial charge in [-0.15, -0.1) is 11.8 Å². The average molecular weight is 429 g/mol. The molecule has 2 aromatic carbocycles. The first-order chi connectivity index (χ1) is 14.5. The summed E-state index contributed by atoms with van der Waals surface area (Å²) in [5.41, 5.74) is 2.55. The fraction of sp³-hybridized carbons (Fsp3) is 0.435. The smallest absolute Gasteiger partial charge is 0.255 e. The first-order valence-corrected chi connectivity index (χ1v) is 11.5. The van der Waals surface area contributed by atoms with E-state index >= 15 is 0 Å². The lowest BCUT2D eigenvalue weighted by atomic mass is 10.1. The number of fused-ring (bicyclic) bond motifs is 1. The van der Waals surface area contributed by atoms with Crippen molar-refractivity contribution in [2.45, 2.75) is 37.5 Å². The van der Waals surface area contributed by atoms with Gasteiger partial charge in [-0.25, -0.2) is 0 Å². The molecule has 1 saturated heterocycles. The second kappa shape index (κ2) is 9.29. The van der Waals surface area contributed by atoms with Gasteiger partial charge in [0.05, 0.1) is 17.9 Å². The summed E-state index contributed by atoms with van der Waals surface area (Å²) in [5.74, 6) is 1.25. The van der Waals surface area contributed by atoms with E-state index in [1.165, 1.54) is 5.56 Å². The van der Waals surface area contributed by atoms with Crippen LogP contribution >= 0.6 is 11.8 Å². The second-order valence-electron chi connectivity index (χ2n) is 7.80. The van der Waals surface area contributed by atoms with E-state index in [-0.39, 0.29) is 18.1 Å². The van der Waals surface area contributed by atoms with Crippen LogP contribution in [-0.2, 0) is 11.3 Å². The Morgan fingerprint density at radius 2 is 1.70 bits per heavy atom. The third kappa shape index (κ3) is 4.91. The van der Waals surface area contributed by atoms with Crippen LogP contribution in [0, 0.1) is 0 Å². The Balaban J connectivity index is 1.43. The maximum Gasteiger partial charge on any atom is 0.255 e. The van der Waals surface area contributed by atoms with Crippen molar-refractivity contribution < 1.29 is 19.0 Å². The number of nitrogens with zero attached hydrogens (tertiary/aromatic N) is 1. The van der Waals surface area contributed by atoms with Gasteiger partial charge in [-0.3, -0.25) is 9.69 Å². The molecule has 1 N–H and O–H groups in total. The van der Waals surface area contributed by atoms with Crippen LogP contribution in [0.15, 0.2) is 41.3 Å². The van der Waals surface area contributed by atoms with Crippen LogP contribution in [0.2, 0.25) is 0 Å². The van der Waals surface area contributed by atoms with Gasteiger partial charge in [0.1, 0.15) is 13.2 Å². The summed E-state index contributed by atoms with van der Waals surface area (Å²) in [4.78, 5) is 16.2. The van der Waals surface area contributed by atoms with Crippen LogP contribution in [0.5, 0.6) is 11.5 Å². The summed E-state index contributed by atoms with van der Waals surface area (Å²) >= 11 is 1.56. The molecule has 0 bridgehead atoms. The van der Waals surface area contributed by atoms with E-state index in [4.69, 9.17) is 14.2 Å². The highest BCUT2D eigenvalue weighted by Gasteiger charge is 2.22. The van der Waals surface area contributed by atoms with Gasteiger partial charge >= 0.3 is 0 Å². The van der Waals surface area contributed by atoms with Gasteiger partial charge in [0.2, 0.25) is 0 Å². The van der Waals surface area contributed by atoms with Gasteiger partial charge < -0.3 is 19.5 Å². The topological polar surface area (TPSA) is 60.0 Å². The summed E-state index contributed by atoms with van der Waals surface area (Å²) in [6.45, 7) is 7.98. The first-order valence-electron chi connectivity index (χ1n) is 10.3. The number of benzene rings is 2. The Morgan fingerprint density at radius 1 is 1.07 bits per heavy atom. The molecule has 0 spiro atoms. The first kappa shape index (κ1) is 21.0. The minimum atomic E-state index is -0.137. The van der Waals surface area contributed by atoms with Gasteiger partial charge in [0, 0.05) is 36.2 Å². The summed E-state index contributed by atoms with van der Waals surface area (Å²) in [5, 5.41) is 3.02. The van der Waals surface area contributed by atoms with E-state index in [0.29, 0.717) is 24.5 Å². The van der Waals surface area contributed by atoms with Crippen LogP contribution in [0.4, 0.5) is 5.69 Å². The number of carbonyl (C=O) groups is 1. The molecule has 2 aliphatic heterocycles. The van der Waals surface area contributed by atoms with E-state index in [9.17, 15) is 4.79 Å². The number of nitrogens with one attached hydrogen (secondary N) is 1. The molecular formula is C23H28N2O4S. The molecule has 1 fully saturated rings. The molecule has 2 atom stereocenters. The predicted molar refractivity (Wildman–Crippen MR) is 119 cm³/mol. The molecule has 2 aliphatic rings. The molecule has 6 nitrogen and oxygen atoms in total. The van der Waals surface area contributed by atoms with E-state index in [0.717, 1.165) is 36.0 Å². The van der Waals surface area contributed by atoms with Crippen LogP contribution in [0.3, 0.4) is 0 Å². The van der Waals surface area contributed by atoms with Crippen molar-refractivity contribution in [1.82, 2.24) is 4.90 Å². The Morgan fingerprint density at radius 3 is 2.33 bits per heavy atom. The number of thioether (sulfide) groups is 1. The number of morpholine rings is 1. The molecule has 30 heavy (non-hydrogen) atoms. The quantitative estimate of drug-likeness (QED) is 0.726. The van der Waals surface area contributed by atoms with E-state index in [2.05, 4.69) is 24.1 Å². The highest BCUT2D eigenvalue weighted by atomic mass is 32.2. The molecular weight excluding hydrogens is 400 g/mol. The van der Waals surface area contributed by atoms with E-state index in [1.807, 2.05) is 42.7 Å². The van der Waals surface area contributed by atoms with Crippen molar-refractivity contribution in [3.05, 3.63) is 47.5 Å². The predicted octanol–water partition coefficient (Wildman–Crippen LogP) is 4.04. The third-order valence-electron chi connectivity index (χ3n) is 5.23. The van der Waals surface area contributed by atoms with Gasteiger partial charge in [-0.2, -0.15) is 0 Å². The molecule has 2 aromatic rings. The minimum Gasteiger partial charge on any atom is -0.486 e. The van der Waals surface area contributed by atoms with Gasteiger partial charge in [0.15, 0.2) is 11.5 Å². The zero-order valence-corrected chi connectivity index (χ0v) is 18.5. The molecule has 0 saturated carbocycles. The lowest BCUT2D eigenvalue weighted by Gasteiger charge is -2.35. The van der Waals surface area contributed by atoms with Crippen LogP contribution in [-0.4, -0.2) is 55.6 Å². The number of hydrogen-bond donors (Lipinski definition) is 1. The number of rotatable bonds is 5. The van der Waals surface area contributed by atoms with Gasteiger partial charge in [-0.1, -0.05) is 12.1 Å². The summed E-state index contributed by atoms with van der Waals surface area (Å²) in [6, 6.07) is 11.6. The Bertz CT molecular complexity index is 893. The van der Waals surface area contributed by atoms with Crippen molar-refractivity contribution in [2.24, 2.45) is 0 Å².